The van der Waals surface area contributed by atoms with E-state index in [0.717, 1.165) is 10.5 Å². The Morgan fingerprint density at radius 1 is 1.21 bits per heavy atom. The van der Waals surface area contributed by atoms with Gasteiger partial charge in [0.25, 0.3) is 5.91 Å². The van der Waals surface area contributed by atoms with Crippen LogP contribution in [-0.2, 0) is 30.8 Å². The monoisotopic (exact) mass is 420 g/mol. The van der Waals surface area contributed by atoms with E-state index in [0.29, 0.717) is 12.1 Å². The molecule has 0 radical (unpaired) electrons. The number of hydrogen-bond donors (Lipinski definition) is 1. The summed E-state index contributed by atoms with van der Waals surface area (Å²) in [6.45, 7) is 1.48. The van der Waals surface area contributed by atoms with Gasteiger partial charge in [-0.05, 0) is 49.2 Å². The van der Waals surface area contributed by atoms with Crippen LogP contribution in [0.5, 0.6) is 0 Å². The summed E-state index contributed by atoms with van der Waals surface area (Å²) in [7, 11) is -3.81. The average molecular weight is 421 g/mol. The summed E-state index contributed by atoms with van der Waals surface area (Å²) in [6.07, 6.45) is 0.502. The third-order valence-electron chi connectivity index (χ3n) is 4.32. The molecule has 1 unspecified atom stereocenters. The van der Waals surface area contributed by atoms with Crippen LogP contribution in [0.25, 0.3) is 0 Å². The van der Waals surface area contributed by atoms with E-state index in [1.165, 1.54) is 28.8 Å². The predicted octanol–water partition coefficient (Wildman–Crippen LogP) is 1.95. The van der Waals surface area contributed by atoms with Crippen molar-refractivity contribution >= 4 is 39.3 Å². The maximum atomic E-state index is 12.6. The minimum Gasteiger partial charge on any atom is -0.455 e. The van der Waals surface area contributed by atoms with Crippen LogP contribution in [0.15, 0.2) is 58.3 Å². The molecule has 1 amide bonds. The van der Waals surface area contributed by atoms with Gasteiger partial charge in [0.05, 0.1) is 10.6 Å². The first-order valence-corrected chi connectivity index (χ1v) is 11.1. The summed E-state index contributed by atoms with van der Waals surface area (Å²) >= 11 is 1.34. The summed E-state index contributed by atoms with van der Waals surface area (Å²) < 4.78 is 28.1. The quantitative estimate of drug-likeness (QED) is 0.565. The lowest BCUT2D eigenvalue weighted by Gasteiger charge is -2.22. The highest BCUT2D eigenvalue weighted by Gasteiger charge is 2.32. The Hall–Kier alpha value is -2.36. The summed E-state index contributed by atoms with van der Waals surface area (Å²) in [4.78, 5) is 27.0. The van der Waals surface area contributed by atoms with Crippen LogP contribution in [0.1, 0.15) is 12.5 Å². The number of sulfonamides is 1. The van der Waals surface area contributed by atoms with E-state index in [-0.39, 0.29) is 29.2 Å². The Morgan fingerprint density at radius 2 is 1.93 bits per heavy atom. The summed E-state index contributed by atoms with van der Waals surface area (Å²) in [6, 6.07) is 13.7. The Morgan fingerprint density at radius 3 is 2.61 bits per heavy atom. The molecule has 3 rings (SSSR count). The van der Waals surface area contributed by atoms with Crippen LogP contribution in [0.3, 0.4) is 0 Å². The Kier molecular flexibility index (Phi) is 6.07. The number of carbonyl (C=O) groups is 2. The molecule has 1 aliphatic rings. The third kappa shape index (κ3) is 4.73. The van der Waals surface area contributed by atoms with E-state index in [4.69, 9.17) is 9.88 Å². The van der Waals surface area contributed by atoms with Crippen LogP contribution in [0.2, 0.25) is 0 Å². The number of nitrogens with zero attached hydrogens (tertiary/aromatic N) is 1. The SMILES string of the molecule is CC1Cc2cc(S(N)(=O)=O)ccc2N1C(=O)COC(=O)CSc1ccccc1. The smallest absolute Gasteiger partial charge is 0.316 e. The number of fused-ring (bicyclic) bond motifs is 1. The number of thioether (sulfide) groups is 1. The molecule has 148 valence electrons. The second kappa shape index (κ2) is 8.34. The van der Waals surface area contributed by atoms with Crippen LogP contribution >= 0.6 is 11.8 Å². The van der Waals surface area contributed by atoms with Crippen molar-refractivity contribution in [3.05, 3.63) is 54.1 Å². The number of ether oxygens (including phenoxy) is 1. The molecule has 7 nitrogen and oxygen atoms in total. The van der Waals surface area contributed by atoms with Gasteiger partial charge in [-0.2, -0.15) is 0 Å². The zero-order valence-electron chi connectivity index (χ0n) is 15.2. The first kappa shape index (κ1) is 20.4. The Bertz CT molecular complexity index is 993. The van der Waals surface area contributed by atoms with E-state index in [1.54, 1.807) is 6.07 Å². The van der Waals surface area contributed by atoms with E-state index in [1.807, 2.05) is 37.3 Å². The lowest BCUT2D eigenvalue weighted by atomic mass is 10.1. The first-order valence-electron chi connectivity index (χ1n) is 8.57. The molecule has 0 bridgehead atoms. The third-order valence-corrected chi connectivity index (χ3v) is 6.22. The van der Waals surface area contributed by atoms with Crippen LogP contribution < -0.4 is 10.0 Å². The number of benzene rings is 2. The highest BCUT2D eigenvalue weighted by atomic mass is 32.2. The van der Waals surface area contributed by atoms with E-state index in [9.17, 15) is 18.0 Å². The summed E-state index contributed by atoms with van der Waals surface area (Å²) in [5, 5.41) is 5.16. The molecule has 2 aromatic carbocycles. The van der Waals surface area contributed by atoms with Crippen molar-refractivity contribution in [2.75, 3.05) is 17.3 Å². The molecule has 0 aliphatic carbocycles. The summed E-state index contributed by atoms with van der Waals surface area (Å²) in [5.41, 5.74) is 1.33. The fourth-order valence-electron chi connectivity index (χ4n) is 3.08. The number of amides is 1. The number of primary sulfonamides is 1. The second-order valence-electron chi connectivity index (χ2n) is 6.41. The van der Waals surface area contributed by atoms with Crippen LogP contribution in [0.4, 0.5) is 5.69 Å². The van der Waals surface area contributed by atoms with Gasteiger partial charge in [-0.15, -0.1) is 11.8 Å². The van der Waals surface area contributed by atoms with Crippen LogP contribution in [0, 0.1) is 0 Å². The number of hydrogen-bond acceptors (Lipinski definition) is 6. The standard InChI is InChI=1S/C19H20N2O5S2/c1-13-9-14-10-16(28(20,24)25)7-8-17(14)21(13)18(22)11-26-19(23)12-27-15-5-3-2-4-6-15/h2-8,10,13H,9,11-12H2,1H3,(H2,20,24,25). The number of esters is 1. The van der Waals surface area contributed by atoms with Crippen molar-refractivity contribution in [3.63, 3.8) is 0 Å². The maximum Gasteiger partial charge on any atom is 0.316 e. The molecule has 1 heterocycles. The Balaban J connectivity index is 1.60. The molecule has 9 heteroatoms. The number of anilines is 1. The fraction of sp³-hybridized carbons (Fsp3) is 0.263. The fourth-order valence-corrected chi connectivity index (χ4v) is 4.36. The Labute approximate surface area is 167 Å². The van der Waals surface area contributed by atoms with Gasteiger partial charge >= 0.3 is 5.97 Å². The van der Waals surface area contributed by atoms with Gasteiger partial charge in [0.1, 0.15) is 0 Å². The number of nitrogens with two attached hydrogens (primary N) is 1. The van der Waals surface area contributed by atoms with Gasteiger partial charge in [0.15, 0.2) is 6.61 Å². The topological polar surface area (TPSA) is 107 Å². The van der Waals surface area contributed by atoms with Crippen molar-refractivity contribution < 1.29 is 22.7 Å². The van der Waals surface area contributed by atoms with Gasteiger partial charge in [0.2, 0.25) is 10.0 Å². The molecule has 0 aromatic heterocycles. The van der Waals surface area contributed by atoms with Crippen molar-refractivity contribution in [1.82, 2.24) is 0 Å². The highest BCUT2D eigenvalue weighted by Crippen LogP contribution is 2.33. The molecular weight excluding hydrogens is 400 g/mol. The van der Waals surface area contributed by atoms with Crippen molar-refractivity contribution in [2.24, 2.45) is 5.14 Å². The zero-order valence-corrected chi connectivity index (χ0v) is 16.8. The zero-order chi connectivity index (χ0) is 20.3. The van der Waals surface area contributed by atoms with Gasteiger partial charge < -0.3 is 9.64 Å². The largest absolute Gasteiger partial charge is 0.455 e. The maximum absolute atomic E-state index is 12.6. The second-order valence-corrected chi connectivity index (χ2v) is 9.03. The lowest BCUT2D eigenvalue weighted by Crippen LogP contribution is -2.38. The molecule has 2 N–H and O–H groups in total. The first-order chi connectivity index (χ1) is 13.3. The van der Waals surface area contributed by atoms with Crippen molar-refractivity contribution in [1.29, 1.82) is 0 Å². The number of carbonyl (C=O) groups excluding carboxylic acids is 2. The minimum absolute atomic E-state index is 0.0112. The molecule has 0 saturated heterocycles. The molecule has 0 spiro atoms. The molecule has 0 saturated carbocycles. The predicted molar refractivity (Wildman–Crippen MR) is 107 cm³/mol. The molecule has 2 aromatic rings. The molecule has 1 aliphatic heterocycles. The molecular formula is C19H20N2O5S2. The average Bonchev–Trinajstić information content (AvgIpc) is 2.99. The van der Waals surface area contributed by atoms with Crippen LogP contribution in [-0.4, -0.2) is 38.7 Å². The lowest BCUT2D eigenvalue weighted by molar-refractivity contribution is -0.145. The van der Waals surface area contributed by atoms with Crippen molar-refractivity contribution in [2.45, 2.75) is 29.2 Å². The van der Waals surface area contributed by atoms with Gasteiger partial charge in [0, 0.05) is 16.6 Å². The van der Waals surface area contributed by atoms with Gasteiger partial charge in [-0.25, -0.2) is 13.6 Å². The van der Waals surface area contributed by atoms with Crippen molar-refractivity contribution in [3.8, 4) is 0 Å². The van der Waals surface area contributed by atoms with E-state index < -0.39 is 16.0 Å². The normalized spacial score (nSPS) is 15.9. The van der Waals surface area contributed by atoms with Gasteiger partial charge in [-0.3, -0.25) is 9.59 Å². The van der Waals surface area contributed by atoms with E-state index >= 15 is 0 Å². The number of rotatable bonds is 6. The molecule has 1 atom stereocenters. The van der Waals surface area contributed by atoms with Gasteiger partial charge in [-0.1, -0.05) is 18.2 Å². The molecule has 28 heavy (non-hydrogen) atoms. The summed E-state index contributed by atoms with van der Waals surface area (Å²) in [5.74, 6) is -0.715. The highest BCUT2D eigenvalue weighted by molar-refractivity contribution is 8.00. The van der Waals surface area contributed by atoms with E-state index in [2.05, 4.69) is 0 Å². The minimum atomic E-state index is -3.81. The molecule has 0 fully saturated rings.